The lowest BCUT2D eigenvalue weighted by Crippen LogP contribution is -2.17. The fourth-order valence-electron chi connectivity index (χ4n) is 1.59. The van der Waals surface area contributed by atoms with Crippen molar-refractivity contribution in [1.82, 2.24) is 15.1 Å². The molecule has 0 aliphatic rings. The summed E-state index contributed by atoms with van der Waals surface area (Å²) in [6.45, 7) is 3.77. The Morgan fingerprint density at radius 2 is 1.88 bits per heavy atom. The van der Waals surface area contributed by atoms with Crippen LogP contribution in [0.4, 0.5) is 0 Å². The van der Waals surface area contributed by atoms with Crippen molar-refractivity contribution in [2.45, 2.75) is 20.0 Å². The summed E-state index contributed by atoms with van der Waals surface area (Å²) >= 11 is 7.18. The normalized spacial score (nSPS) is 11.1. The Kier molecular flexibility index (Phi) is 4.10. The van der Waals surface area contributed by atoms with Gasteiger partial charge in [0.2, 0.25) is 4.47 Å². The summed E-state index contributed by atoms with van der Waals surface area (Å²) in [4.78, 5) is 2.20. The average Bonchev–Trinajstić information content (AvgIpc) is 2.67. The van der Waals surface area contributed by atoms with E-state index in [1.807, 2.05) is 0 Å². The smallest absolute Gasteiger partial charge is 0.207 e. The van der Waals surface area contributed by atoms with Crippen molar-refractivity contribution in [2.24, 2.45) is 0 Å². The number of hydrogen-bond donors (Lipinski definition) is 0. The van der Waals surface area contributed by atoms with E-state index in [9.17, 15) is 0 Å². The van der Waals surface area contributed by atoms with Crippen LogP contribution in [0.3, 0.4) is 0 Å². The van der Waals surface area contributed by atoms with Gasteiger partial charge in [0.25, 0.3) is 0 Å². The second kappa shape index (κ2) is 5.58. The highest BCUT2D eigenvalue weighted by Gasteiger charge is 2.06. The number of aryl methyl sites for hydroxylation is 1. The zero-order valence-electron chi connectivity index (χ0n) is 9.85. The maximum atomic E-state index is 5.75. The van der Waals surface area contributed by atoms with E-state index >= 15 is 0 Å². The van der Waals surface area contributed by atoms with E-state index in [2.05, 4.69) is 53.3 Å². The molecular formula is C12H14ClN3S. The van der Waals surface area contributed by atoms with Crippen LogP contribution in [0.15, 0.2) is 24.3 Å². The molecule has 2 aromatic rings. The van der Waals surface area contributed by atoms with Crippen LogP contribution in [-0.2, 0) is 13.1 Å². The molecule has 0 aliphatic heterocycles. The van der Waals surface area contributed by atoms with E-state index in [1.165, 1.54) is 22.5 Å². The molecule has 3 nitrogen and oxygen atoms in total. The van der Waals surface area contributed by atoms with Crippen molar-refractivity contribution in [3.05, 3.63) is 44.9 Å². The monoisotopic (exact) mass is 267 g/mol. The average molecular weight is 268 g/mol. The molecule has 1 heterocycles. The molecule has 2 rings (SSSR count). The third kappa shape index (κ3) is 3.77. The summed E-state index contributed by atoms with van der Waals surface area (Å²) in [5, 5.41) is 8.75. The summed E-state index contributed by atoms with van der Waals surface area (Å²) in [7, 11) is 2.06. The van der Waals surface area contributed by atoms with Gasteiger partial charge < -0.3 is 0 Å². The molecule has 0 unspecified atom stereocenters. The molecule has 0 bridgehead atoms. The Labute approximate surface area is 110 Å². The molecule has 17 heavy (non-hydrogen) atoms. The summed E-state index contributed by atoms with van der Waals surface area (Å²) in [6, 6.07) is 8.56. The number of halogens is 1. The van der Waals surface area contributed by atoms with Gasteiger partial charge >= 0.3 is 0 Å². The van der Waals surface area contributed by atoms with Gasteiger partial charge in [-0.2, -0.15) is 0 Å². The van der Waals surface area contributed by atoms with Gasteiger partial charge in [0.15, 0.2) is 0 Å². The lowest BCUT2D eigenvalue weighted by molar-refractivity contribution is 0.317. The van der Waals surface area contributed by atoms with Crippen LogP contribution in [0.2, 0.25) is 4.47 Å². The number of rotatable bonds is 4. The number of benzene rings is 1. The van der Waals surface area contributed by atoms with Gasteiger partial charge in [-0.05, 0) is 31.1 Å². The highest BCUT2D eigenvalue weighted by molar-refractivity contribution is 7.15. The first-order chi connectivity index (χ1) is 8.13. The minimum Gasteiger partial charge on any atom is -0.295 e. The molecule has 0 aliphatic carbocycles. The first kappa shape index (κ1) is 12.5. The van der Waals surface area contributed by atoms with E-state index in [4.69, 9.17) is 11.6 Å². The molecule has 0 radical (unpaired) electrons. The fourth-order valence-corrected chi connectivity index (χ4v) is 2.54. The predicted octanol–water partition coefficient (Wildman–Crippen LogP) is 3.13. The molecule has 0 atom stereocenters. The molecule has 0 amide bonds. The minimum absolute atomic E-state index is 0.503. The van der Waals surface area contributed by atoms with Gasteiger partial charge in [-0.3, -0.25) is 4.90 Å². The first-order valence-corrected chi connectivity index (χ1v) is 6.55. The first-order valence-electron chi connectivity index (χ1n) is 5.35. The molecule has 90 valence electrons. The van der Waals surface area contributed by atoms with Crippen molar-refractivity contribution in [3.8, 4) is 0 Å². The van der Waals surface area contributed by atoms with Gasteiger partial charge in [0.1, 0.15) is 5.01 Å². The summed E-state index contributed by atoms with van der Waals surface area (Å²) < 4.78 is 0.503. The van der Waals surface area contributed by atoms with Gasteiger partial charge in [0, 0.05) is 6.54 Å². The highest BCUT2D eigenvalue weighted by atomic mass is 35.5. The standard InChI is InChI=1S/C12H14ClN3S/c1-9-3-5-10(6-4-9)7-16(2)8-11-14-15-12(13)17-11/h3-6H,7-8H2,1-2H3. The van der Waals surface area contributed by atoms with Crippen molar-refractivity contribution in [3.63, 3.8) is 0 Å². The molecule has 1 aromatic heterocycles. The van der Waals surface area contributed by atoms with E-state index in [0.717, 1.165) is 18.1 Å². The van der Waals surface area contributed by atoms with Crippen LogP contribution in [0.5, 0.6) is 0 Å². The third-order valence-electron chi connectivity index (χ3n) is 2.42. The molecule has 0 saturated heterocycles. The van der Waals surface area contributed by atoms with E-state index in [0.29, 0.717) is 4.47 Å². The second-order valence-corrected chi connectivity index (χ2v) is 5.75. The molecule has 1 aromatic carbocycles. The second-order valence-electron chi connectivity index (χ2n) is 4.11. The van der Waals surface area contributed by atoms with Gasteiger partial charge in [-0.25, -0.2) is 0 Å². The van der Waals surface area contributed by atoms with Gasteiger partial charge in [-0.15, -0.1) is 10.2 Å². The summed E-state index contributed by atoms with van der Waals surface area (Å²) in [5.41, 5.74) is 2.58. The van der Waals surface area contributed by atoms with Crippen LogP contribution in [0.25, 0.3) is 0 Å². The predicted molar refractivity (Wildman–Crippen MR) is 71.3 cm³/mol. The Bertz CT molecular complexity index is 481. The van der Waals surface area contributed by atoms with E-state index in [-0.39, 0.29) is 0 Å². The number of hydrogen-bond acceptors (Lipinski definition) is 4. The van der Waals surface area contributed by atoms with Crippen LogP contribution in [-0.4, -0.2) is 22.1 Å². The summed E-state index contributed by atoms with van der Waals surface area (Å²) in [5.74, 6) is 0. The zero-order valence-corrected chi connectivity index (χ0v) is 11.4. The van der Waals surface area contributed by atoms with Crippen LogP contribution < -0.4 is 0 Å². The Hall–Kier alpha value is -0.970. The van der Waals surface area contributed by atoms with Crippen molar-refractivity contribution in [2.75, 3.05) is 7.05 Å². The van der Waals surface area contributed by atoms with Gasteiger partial charge in [0.05, 0.1) is 6.54 Å². The molecule has 0 N–H and O–H groups in total. The van der Waals surface area contributed by atoms with E-state index in [1.54, 1.807) is 0 Å². The Balaban J connectivity index is 1.93. The maximum absolute atomic E-state index is 5.75. The Morgan fingerprint density at radius 1 is 1.18 bits per heavy atom. The van der Waals surface area contributed by atoms with Crippen LogP contribution >= 0.6 is 22.9 Å². The number of nitrogens with zero attached hydrogens (tertiary/aromatic N) is 3. The van der Waals surface area contributed by atoms with Crippen LogP contribution in [0, 0.1) is 6.92 Å². The lowest BCUT2D eigenvalue weighted by Gasteiger charge is -2.14. The maximum Gasteiger partial charge on any atom is 0.207 e. The zero-order chi connectivity index (χ0) is 12.3. The highest BCUT2D eigenvalue weighted by Crippen LogP contribution is 2.17. The SMILES string of the molecule is Cc1ccc(CN(C)Cc2nnc(Cl)s2)cc1. The fraction of sp³-hybridized carbons (Fsp3) is 0.333. The molecule has 0 saturated carbocycles. The molecule has 5 heteroatoms. The van der Waals surface area contributed by atoms with Crippen molar-refractivity contribution >= 4 is 22.9 Å². The van der Waals surface area contributed by atoms with Crippen LogP contribution in [0.1, 0.15) is 16.1 Å². The van der Waals surface area contributed by atoms with Crippen molar-refractivity contribution in [1.29, 1.82) is 0 Å². The topological polar surface area (TPSA) is 29.0 Å². The number of aromatic nitrogens is 2. The van der Waals surface area contributed by atoms with Gasteiger partial charge in [-0.1, -0.05) is 41.2 Å². The third-order valence-corrected chi connectivity index (χ3v) is 3.42. The molecule has 0 spiro atoms. The summed E-state index contributed by atoms with van der Waals surface area (Å²) in [6.07, 6.45) is 0. The quantitative estimate of drug-likeness (QED) is 0.852. The minimum atomic E-state index is 0.503. The molecular weight excluding hydrogens is 254 g/mol. The van der Waals surface area contributed by atoms with E-state index < -0.39 is 0 Å². The Morgan fingerprint density at radius 3 is 2.47 bits per heavy atom. The lowest BCUT2D eigenvalue weighted by atomic mass is 10.1. The van der Waals surface area contributed by atoms with Crippen molar-refractivity contribution < 1.29 is 0 Å². The largest absolute Gasteiger partial charge is 0.295 e. The molecule has 0 fully saturated rings.